The fraction of sp³-hybridized carbons (Fsp3) is 0.167. The molecule has 28 heavy (non-hydrogen) atoms. The summed E-state index contributed by atoms with van der Waals surface area (Å²) in [6.07, 6.45) is 0. The maximum atomic E-state index is 12.4. The summed E-state index contributed by atoms with van der Waals surface area (Å²) < 4.78 is 0.626. The van der Waals surface area contributed by atoms with Gasteiger partial charge in [-0.1, -0.05) is 53.4 Å². The smallest absolute Gasteiger partial charge is 0.292 e. The van der Waals surface area contributed by atoms with Crippen molar-refractivity contribution in [3.8, 4) is 0 Å². The van der Waals surface area contributed by atoms with Crippen molar-refractivity contribution in [2.45, 2.75) is 23.4 Å². The third-order valence-electron chi connectivity index (χ3n) is 3.80. The van der Waals surface area contributed by atoms with E-state index < -0.39 is 10.2 Å². The van der Waals surface area contributed by atoms with E-state index in [-0.39, 0.29) is 17.3 Å². The van der Waals surface area contributed by atoms with Crippen LogP contribution in [0.4, 0.5) is 22.2 Å². The van der Waals surface area contributed by atoms with E-state index in [4.69, 9.17) is 0 Å². The summed E-state index contributed by atoms with van der Waals surface area (Å²) >= 11 is 2.58. The average molecular weight is 416 g/mol. The van der Waals surface area contributed by atoms with Crippen molar-refractivity contribution >= 4 is 51.2 Å². The van der Waals surface area contributed by atoms with Gasteiger partial charge in [0, 0.05) is 11.8 Å². The van der Waals surface area contributed by atoms with Crippen molar-refractivity contribution in [3.63, 3.8) is 0 Å². The lowest BCUT2D eigenvalue weighted by molar-refractivity contribution is -0.383. The molecule has 2 aromatic carbocycles. The molecule has 0 saturated carbocycles. The van der Waals surface area contributed by atoms with Gasteiger partial charge in [-0.05, 0) is 31.5 Å². The number of amides is 1. The van der Waals surface area contributed by atoms with Gasteiger partial charge in [-0.15, -0.1) is 10.2 Å². The first-order valence-electron chi connectivity index (χ1n) is 8.31. The van der Waals surface area contributed by atoms with Gasteiger partial charge in [-0.25, -0.2) is 0 Å². The summed E-state index contributed by atoms with van der Waals surface area (Å²) in [5.74, 6) is -0.345. The van der Waals surface area contributed by atoms with Gasteiger partial charge in [0.25, 0.3) is 5.69 Å². The maximum Gasteiger partial charge on any atom is 0.292 e. The Balaban J connectivity index is 1.63. The van der Waals surface area contributed by atoms with E-state index in [2.05, 4.69) is 20.8 Å². The van der Waals surface area contributed by atoms with Crippen LogP contribution in [0.15, 0.2) is 52.9 Å². The molecular weight excluding hydrogens is 398 g/mol. The number of carbonyl (C=O) groups excluding carboxylic acids is 1. The molecule has 144 valence electrons. The number of benzene rings is 2. The molecule has 3 rings (SSSR count). The molecule has 1 heterocycles. The third kappa shape index (κ3) is 4.84. The lowest BCUT2D eigenvalue weighted by Crippen LogP contribution is -2.22. The van der Waals surface area contributed by atoms with Crippen molar-refractivity contribution in [2.75, 3.05) is 10.6 Å². The Bertz CT molecular complexity index is 1010. The molecule has 0 spiro atoms. The molecule has 1 aromatic heterocycles. The first-order chi connectivity index (χ1) is 13.4. The first kappa shape index (κ1) is 19.8. The SMILES string of the molecule is Cc1ccccc1Nc1nnc(S[C@H](C)C(=O)Nc2ccccc2[N+](=O)[O-])s1. The lowest BCUT2D eigenvalue weighted by Gasteiger charge is -2.10. The molecule has 8 nitrogen and oxygen atoms in total. The minimum atomic E-state index is -0.526. The second-order valence-corrected chi connectivity index (χ2v) is 8.40. The van der Waals surface area contributed by atoms with Crippen LogP contribution < -0.4 is 10.6 Å². The molecule has 0 aliphatic heterocycles. The van der Waals surface area contributed by atoms with Crippen LogP contribution in [0.3, 0.4) is 0 Å². The largest absolute Gasteiger partial charge is 0.330 e. The van der Waals surface area contributed by atoms with E-state index in [1.54, 1.807) is 19.1 Å². The summed E-state index contributed by atoms with van der Waals surface area (Å²) in [6.45, 7) is 3.71. The Kier molecular flexibility index (Phi) is 6.22. The zero-order valence-corrected chi connectivity index (χ0v) is 16.7. The molecule has 0 radical (unpaired) electrons. The Labute approximate surface area is 169 Å². The average Bonchev–Trinajstić information content (AvgIpc) is 3.10. The Hall–Kier alpha value is -2.98. The number of aromatic nitrogens is 2. The van der Waals surface area contributed by atoms with Crippen LogP contribution in [0, 0.1) is 17.0 Å². The number of rotatable bonds is 7. The number of aryl methyl sites for hydroxylation is 1. The van der Waals surface area contributed by atoms with Gasteiger partial charge < -0.3 is 10.6 Å². The highest BCUT2D eigenvalue weighted by molar-refractivity contribution is 8.02. The minimum absolute atomic E-state index is 0.145. The van der Waals surface area contributed by atoms with Gasteiger partial charge >= 0.3 is 0 Å². The molecule has 1 amide bonds. The topological polar surface area (TPSA) is 110 Å². The van der Waals surface area contributed by atoms with Crippen LogP contribution in [-0.2, 0) is 4.79 Å². The Morgan fingerprint density at radius 1 is 1.14 bits per heavy atom. The Morgan fingerprint density at radius 2 is 1.82 bits per heavy atom. The van der Waals surface area contributed by atoms with Crippen molar-refractivity contribution < 1.29 is 9.72 Å². The number of nitrogens with one attached hydrogen (secondary N) is 2. The molecule has 0 saturated heterocycles. The molecule has 10 heteroatoms. The van der Waals surface area contributed by atoms with E-state index in [1.807, 2.05) is 31.2 Å². The summed E-state index contributed by atoms with van der Waals surface area (Å²) in [6, 6.07) is 13.9. The van der Waals surface area contributed by atoms with Crippen molar-refractivity contribution in [1.29, 1.82) is 0 Å². The summed E-state index contributed by atoms with van der Waals surface area (Å²) in [7, 11) is 0. The van der Waals surface area contributed by atoms with E-state index in [0.717, 1.165) is 11.3 Å². The number of nitro groups is 1. The van der Waals surface area contributed by atoms with E-state index >= 15 is 0 Å². The quantitative estimate of drug-likeness (QED) is 0.329. The van der Waals surface area contributed by atoms with Crippen LogP contribution in [0.2, 0.25) is 0 Å². The monoisotopic (exact) mass is 415 g/mol. The van der Waals surface area contributed by atoms with Crippen LogP contribution in [0.5, 0.6) is 0 Å². The van der Waals surface area contributed by atoms with Gasteiger partial charge in [0.15, 0.2) is 4.34 Å². The van der Waals surface area contributed by atoms with Crippen LogP contribution in [0.25, 0.3) is 0 Å². The molecule has 0 aliphatic carbocycles. The van der Waals surface area contributed by atoms with Crippen LogP contribution >= 0.6 is 23.1 Å². The second-order valence-electron chi connectivity index (χ2n) is 5.84. The highest BCUT2D eigenvalue weighted by Crippen LogP contribution is 2.32. The number of thioether (sulfide) groups is 1. The molecule has 1 atom stereocenters. The number of nitro benzene ring substituents is 1. The predicted molar refractivity (Wildman–Crippen MR) is 111 cm³/mol. The van der Waals surface area contributed by atoms with E-state index in [9.17, 15) is 14.9 Å². The Morgan fingerprint density at radius 3 is 2.54 bits per heavy atom. The maximum absolute atomic E-state index is 12.4. The van der Waals surface area contributed by atoms with Crippen LogP contribution in [-0.4, -0.2) is 26.3 Å². The van der Waals surface area contributed by atoms with Gasteiger partial charge in [-0.2, -0.15) is 0 Å². The van der Waals surface area contributed by atoms with Gasteiger partial charge in [0.05, 0.1) is 10.2 Å². The summed E-state index contributed by atoms with van der Waals surface area (Å²) in [5, 5.41) is 25.2. The number of anilines is 3. The van der Waals surface area contributed by atoms with Crippen molar-refractivity contribution in [1.82, 2.24) is 10.2 Å². The second kappa shape index (κ2) is 8.81. The number of nitrogens with zero attached hydrogens (tertiary/aromatic N) is 3. The molecule has 2 N–H and O–H groups in total. The van der Waals surface area contributed by atoms with Gasteiger partial charge in [0.1, 0.15) is 5.69 Å². The number of hydrogen-bond acceptors (Lipinski definition) is 8. The highest BCUT2D eigenvalue weighted by Gasteiger charge is 2.21. The number of hydrogen-bond donors (Lipinski definition) is 2. The van der Waals surface area contributed by atoms with Gasteiger partial charge in [-0.3, -0.25) is 14.9 Å². The minimum Gasteiger partial charge on any atom is -0.330 e. The fourth-order valence-corrected chi connectivity index (χ4v) is 4.22. The molecule has 0 bridgehead atoms. The van der Waals surface area contributed by atoms with E-state index in [1.165, 1.54) is 35.2 Å². The number of para-hydroxylation sites is 3. The van der Waals surface area contributed by atoms with Crippen LogP contribution in [0.1, 0.15) is 12.5 Å². The zero-order valence-electron chi connectivity index (χ0n) is 15.1. The zero-order chi connectivity index (χ0) is 20.1. The molecular formula is C18H17N5O3S2. The van der Waals surface area contributed by atoms with E-state index in [0.29, 0.717) is 9.47 Å². The third-order valence-corrected chi connectivity index (χ3v) is 5.82. The highest BCUT2D eigenvalue weighted by atomic mass is 32.2. The standard InChI is InChI=1S/C18H17N5O3S2/c1-11-7-3-4-8-13(11)20-17-21-22-18(28-17)27-12(2)16(24)19-14-9-5-6-10-15(14)23(25)26/h3-10,12H,1-2H3,(H,19,24)(H,20,21)/t12-/m1/s1. The normalized spacial score (nSPS) is 11.6. The molecule has 0 aliphatic rings. The molecule has 0 unspecified atom stereocenters. The predicted octanol–water partition coefficient (Wildman–Crippen LogP) is 4.62. The first-order valence-corrected chi connectivity index (χ1v) is 10.0. The fourth-order valence-electron chi connectivity index (χ4n) is 2.31. The number of carbonyl (C=O) groups is 1. The summed E-state index contributed by atoms with van der Waals surface area (Å²) in [4.78, 5) is 23.0. The van der Waals surface area contributed by atoms with Crippen molar-refractivity contribution in [3.05, 3.63) is 64.2 Å². The molecule has 0 fully saturated rings. The van der Waals surface area contributed by atoms with Crippen molar-refractivity contribution in [2.24, 2.45) is 0 Å². The van der Waals surface area contributed by atoms with Gasteiger partial charge in [0.2, 0.25) is 11.0 Å². The molecule has 3 aromatic rings. The lowest BCUT2D eigenvalue weighted by atomic mass is 10.2. The summed E-state index contributed by atoms with van der Waals surface area (Å²) in [5.41, 5.74) is 2.05.